The molecule has 1 aromatic carbocycles. The minimum absolute atomic E-state index is 0.0245. The summed E-state index contributed by atoms with van der Waals surface area (Å²) in [7, 11) is 0. The topological polar surface area (TPSA) is 56.0 Å². The molecular weight excluding hydrogens is 334 g/mol. The second kappa shape index (κ2) is 7.57. The SMILES string of the molecule is Cc1nnc(SCC(=O)N(C(C)C)n2cccc2)n1-c1ccccc1. The molecule has 1 amide bonds. The zero-order valence-corrected chi connectivity index (χ0v) is 15.3. The van der Waals surface area contributed by atoms with Crippen molar-refractivity contribution in [2.24, 2.45) is 0 Å². The van der Waals surface area contributed by atoms with Gasteiger partial charge in [-0.05, 0) is 45.0 Å². The van der Waals surface area contributed by atoms with Gasteiger partial charge >= 0.3 is 0 Å². The first-order valence-electron chi connectivity index (χ1n) is 8.13. The van der Waals surface area contributed by atoms with Gasteiger partial charge < -0.3 is 0 Å². The van der Waals surface area contributed by atoms with Crippen molar-refractivity contribution in [1.29, 1.82) is 0 Å². The maximum atomic E-state index is 12.7. The lowest BCUT2D eigenvalue weighted by molar-refractivity contribution is -0.118. The second-order valence-corrected chi connectivity index (χ2v) is 6.83. The van der Waals surface area contributed by atoms with Crippen LogP contribution in [-0.2, 0) is 4.79 Å². The third-order valence-corrected chi connectivity index (χ3v) is 4.63. The van der Waals surface area contributed by atoms with Crippen LogP contribution in [0.25, 0.3) is 5.69 Å². The zero-order valence-electron chi connectivity index (χ0n) is 14.5. The van der Waals surface area contributed by atoms with Crippen molar-refractivity contribution in [3.63, 3.8) is 0 Å². The molecular formula is C18H21N5OS. The highest BCUT2D eigenvalue weighted by molar-refractivity contribution is 7.99. The molecule has 6 nitrogen and oxygen atoms in total. The molecule has 0 saturated heterocycles. The van der Waals surface area contributed by atoms with Crippen molar-refractivity contribution < 1.29 is 4.79 Å². The molecule has 0 saturated carbocycles. The summed E-state index contributed by atoms with van der Waals surface area (Å²) in [6.45, 7) is 5.91. The Bertz CT molecular complexity index is 827. The van der Waals surface area contributed by atoms with Gasteiger partial charge in [0.15, 0.2) is 5.16 Å². The molecule has 130 valence electrons. The predicted molar refractivity (Wildman–Crippen MR) is 99.6 cm³/mol. The van der Waals surface area contributed by atoms with E-state index in [2.05, 4.69) is 10.2 Å². The van der Waals surface area contributed by atoms with Crippen LogP contribution in [0.15, 0.2) is 60.0 Å². The molecule has 0 atom stereocenters. The second-order valence-electron chi connectivity index (χ2n) is 5.88. The molecule has 0 aliphatic heterocycles. The van der Waals surface area contributed by atoms with E-state index in [9.17, 15) is 4.79 Å². The summed E-state index contributed by atoms with van der Waals surface area (Å²) in [6, 6.07) is 13.8. The number of carbonyl (C=O) groups is 1. The lowest BCUT2D eigenvalue weighted by Gasteiger charge is -2.27. The van der Waals surface area contributed by atoms with Gasteiger partial charge in [-0.15, -0.1) is 10.2 Å². The van der Waals surface area contributed by atoms with Crippen LogP contribution in [0, 0.1) is 6.92 Å². The summed E-state index contributed by atoms with van der Waals surface area (Å²) in [6.07, 6.45) is 3.75. The average molecular weight is 355 g/mol. The number of para-hydroxylation sites is 1. The summed E-state index contributed by atoms with van der Waals surface area (Å²) in [5.41, 5.74) is 0.992. The third-order valence-electron chi connectivity index (χ3n) is 3.72. The minimum atomic E-state index is 0.0245. The minimum Gasteiger partial charge on any atom is -0.274 e. The molecule has 0 aliphatic rings. The Labute approximate surface area is 151 Å². The van der Waals surface area contributed by atoms with Crippen molar-refractivity contribution >= 4 is 17.7 Å². The molecule has 0 fully saturated rings. The Balaban J connectivity index is 1.77. The number of carbonyl (C=O) groups excluding carboxylic acids is 1. The Morgan fingerprint density at radius 3 is 2.44 bits per heavy atom. The lowest BCUT2D eigenvalue weighted by Crippen LogP contribution is -2.45. The fourth-order valence-electron chi connectivity index (χ4n) is 2.66. The van der Waals surface area contributed by atoms with E-state index in [4.69, 9.17) is 0 Å². The smallest absolute Gasteiger partial charge is 0.252 e. The first-order chi connectivity index (χ1) is 12.1. The van der Waals surface area contributed by atoms with Gasteiger partial charge in [0.1, 0.15) is 5.82 Å². The maximum absolute atomic E-state index is 12.7. The van der Waals surface area contributed by atoms with Gasteiger partial charge in [0, 0.05) is 24.1 Å². The van der Waals surface area contributed by atoms with Crippen LogP contribution in [0.2, 0.25) is 0 Å². The number of nitrogens with zero attached hydrogens (tertiary/aromatic N) is 5. The van der Waals surface area contributed by atoms with E-state index in [1.165, 1.54) is 11.8 Å². The highest BCUT2D eigenvalue weighted by Gasteiger charge is 2.20. The summed E-state index contributed by atoms with van der Waals surface area (Å²) in [4.78, 5) is 12.7. The van der Waals surface area contributed by atoms with E-state index >= 15 is 0 Å². The van der Waals surface area contributed by atoms with Crippen molar-refractivity contribution in [2.75, 3.05) is 10.8 Å². The van der Waals surface area contributed by atoms with E-state index in [1.54, 1.807) is 5.01 Å². The number of rotatable bonds is 6. The summed E-state index contributed by atoms with van der Waals surface area (Å²) in [5, 5.41) is 10.8. The van der Waals surface area contributed by atoms with E-state index in [-0.39, 0.29) is 11.9 Å². The highest BCUT2D eigenvalue weighted by atomic mass is 32.2. The summed E-state index contributed by atoms with van der Waals surface area (Å²) < 4.78 is 3.79. The highest BCUT2D eigenvalue weighted by Crippen LogP contribution is 2.22. The number of hydrogen-bond acceptors (Lipinski definition) is 4. The van der Waals surface area contributed by atoms with Gasteiger partial charge in [-0.25, -0.2) is 5.01 Å². The van der Waals surface area contributed by atoms with Gasteiger partial charge in [0.2, 0.25) is 0 Å². The summed E-state index contributed by atoms with van der Waals surface area (Å²) >= 11 is 1.40. The van der Waals surface area contributed by atoms with Crippen molar-refractivity contribution in [2.45, 2.75) is 32.0 Å². The number of aryl methyl sites for hydroxylation is 1. The van der Waals surface area contributed by atoms with Gasteiger partial charge in [0.05, 0.1) is 5.75 Å². The molecule has 0 N–H and O–H groups in total. The summed E-state index contributed by atoms with van der Waals surface area (Å²) in [5.74, 6) is 1.12. The molecule has 0 unspecified atom stereocenters. The number of hydrogen-bond donors (Lipinski definition) is 0. The molecule has 7 heteroatoms. The van der Waals surface area contributed by atoms with Crippen LogP contribution >= 0.6 is 11.8 Å². The molecule has 0 aliphatic carbocycles. The lowest BCUT2D eigenvalue weighted by atomic mass is 10.3. The van der Waals surface area contributed by atoms with Crippen molar-refractivity contribution in [3.05, 3.63) is 60.7 Å². The molecule has 2 heterocycles. The first kappa shape index (κ1) is 17.3. The van der Waals surface area contributed by atoms with Gasteiger partial charge in [-0.2, -0.15) is 0 Å². The fraction of sp³-hybridized carbons (Fsp3) is 0.278. The Morgan fingerprint density at radius 1 is 1.12 bits per heavy atom. The average Bonchev–Trinajstić information content (AvgIpc) is 3.23. The first-order valence-corrected chi connectivity index (χ1v) is 9.12. The number of amides is 1. The largest absolute Gasteiger partial charge is 0.274 e. The van der Waals surface area contributed by atoms with Crippen molar-refractivity contribution in [1.82, 2.24) is 19.4 Å². The molecule has 3 rings (SSSR count). The number of aromatic nitrogens is 4. The van der Waals surface area contributed by atoms with Crippen LogP contribution in [0.5, 0.6) is 0 Å². The molecule has 0 spiro atoms. The van der Waals surface area contributed by atoms with E-state index < -0.39 is 0 Å². The third kappa shape index (κ3) is 3.76. The van der Waals surface area contributed by atoms with Crippen LogP contribution in [0.3, 0.4) is 0 Å². The van der Waals surface area contributed by atoms with Gasteiger partial charge in [-0.3, -0.25) is 14.0 Å². The van der Waals surface area contributed by atoms with Crippen molar-refractivity contribution in [3.8, 4) is 5.69 Å². The molecule has 25 heavy (non-hydrogen) atoms. The Morgan fingerprint density at radius 2 is 1.80 bits per heavy atom. The van der Waals surface area contributed by atoms with E-state index in [0.717, 1.165) is 11.5 Å². The Hall–Kier alpha value is -2.54. The monoisotopic (exact) mass is 355 g/mol. The predicted octanol–water partition coefficient (Wildman–Crippen LogP) is 3.04. The number of benzene rings is 1. The normalized spacial score (nSPS) is 11.0. The van der Waals surface area contributed by atoms with Gasteiger partial charge in [0.25, 0.3) is 5.91 Å². The number of thioether (sulfide) groups is 1. The van der Waals surface area contributed by atoms with Gasteiger partial charge in [-0.1, -0.05) is 30.0 Å². The standard InChI is InChI=1S/C18H21N5OS/c1-14(2)23(21-11-7-8-12-21)17(24)13-25-18-20-19-15(3)22(18)16-9-5-4-6-10-16/h4-12,14H,13H2,1-3H3. The molecule has 0 radical (unpaired) electrons. The Kier molecular flexibility index (Phi) is 5.23. The zero-order chi connectivity index (χ0) is 17.8. The van der Waals surface area contributed by atoms with Crippen LogP contribution < -0.4 is 5.01 Å². The van der Waals surface area contributed by atoms with Crippen LogP contribution in [-0.4, -0.2) is 37.1 Å². The maximum Gasteiger partial charge on any atom is 0.252 e. The van der Waals surface area contributed by atoms with Crippen LogP contribution in [0.4, 0.5) is 0 Å². The molecule has 2 aromatic heterocycles. The van der Waals surface area contributed by atoms with Crippen LogP contribution in [0.1, 0.15) is 19.7 Å². The van der Waals surface area contributed by atoms with E-state index in [1.807, 2.05) is 84.9 Å². The molecule has 0 bridgehead atoms. The van der Waals surface area contributed by atoms with E-state index in [0.29, 0.717) is 10.9 Å². The fourth-order valence-corrected chi connectivity index (χ4v) is 3.51. The quantitative estimate of drug-likeness (QED) is 0.638. The molecule has 3 aromatic rings.